The Morgan fingerprint density at radius 2 is 1.11 bits per heavy atom. The molecule has 0 bridgehead atoms. The zero-order valence-corrected chi connectivity index (χ0v) is 47.9. The van der Waals surface area contributed by atoms with Gasteiger partial charge in [-0.3, -0.25) is 4.57 Å². The fourth-order valence-corrected chi connectivity index (χ4v) is 11.6. The van der Waals surface area contributed by atoms with Gasteiger partial charge in [0.25, 0.3) is 0 Å². The van der Waals surface area contributed by atoms with E-state index in [0.29, 0.717) is 23.7 Å². The quantitative estimate of drug-likeness (QED) is 0.122. The van der Waals surface area contributed by atoms with Gasteiger partial charge in [0.05, 0.1) is 28.1 Å². The summed E-state index contributed by atoms with van der Waals surface area (Å²) in [5.74, 6) is 1.57. The van der Waals surface area contributed by atoms with E-state index in [0.717, 1.165) is 97.1 Å². The number of nitrogens with zero attached hydrogens (tertiary/aromatic N) is 4. The summed E-state index contributed by atoms with van der Waals surface area (Å²) in [6, 6.07) is 56.4. The Bertz CT molecular complexity index is 3900. The standard InChI is InChI=1S/C72H72F2N4O/c1-13-46-20-19-21-47(14-2)69(46)52-35-57(41-59(36-52)79-58-26-27-61-60-22-15-16-23-64(60)78(67(61)42-58)68-39-53(28-29-75-68)71(7,8)9)76-43-77(66-25-18-17-24-65(66)76)70-62(50-31-48(44(3)4)30-49(32-50)45(5)6)37-54(72(10,11)12)38-63(70)51-33-55(73)40-56(74)34-51/h15-42,44-45H,13-14,43H2,1-12H3. The Morgan fingerprint density at radius 1 is 0.519 bits per heavy atom. The van der Waals surface area contributed by atoms with Crippen LogP contribution in [0.25, 0.3) is 61.0 Å². The molecule has 7 heteroatoms. The van der Waals surface area contributed by atoms with Crippen molar-refractivity contribution < 1.29 is 13.5 Å². The molecule has 8 aromatic carbocycles. The predicted molar refractivity (Wildman–Crippen MR) is 328 cm³/mol. The number of rotatable bonds is 12. The largest absolute Gasteiger partial charge is 0.457 e. The zero-order valence-electron chi connectivity index (χ0n) is 47.9. The third-order valence-corrected chi connectivity index (χ3v) is 16.0. The third kappa shape index (κ3) is 10.1. The number of aryl methyl sites for hydroxylation is 2. The molecule has 0 amide bonds. The number of aromatic nitrogens is 2. The van der Waals surface area contributed by atoms with E-state index in [1.54, 1.807) is 0 Å². The zero-order chi connectivity index (χ0) is 55.7. The van der Waals surface area contributed by atoms with Gasteiger partial charge in [0.15, 0.2) is 0 Å². The van der Waals surface area contributed by atoms with Crippen LogP contribution in [0.15, 0.2) is 170 Å². The van der Waals surface area contributed by atoms with Gasteiger partial charge in [0.1, 0.15) is 35.6 Å². The van der Waals surface area contributed by atoms with Gasteiger partial charge in [-0.15, -0.1) is 0 Å². The molecule has 0 fully saturated rings. The highest BCUT2D eigenvalue weighted by Crippen LogP contribution is 2.53. The van der Waals surface area contributed by atoms with Gasteiger partial charge < -0.3 is 14.5 Å². The summed E-state index contributed by atoms with van der Waals surface area (Å²) in [5, 5.41) is 2.26. The van der Waals surface area contributed by atoms with Crippen molar-refractivity contribution in [2.45, 2.75) is 119 Å². The molecule has 5 nitrogen and oxygen atoms in total. The van der Waals surface area contributed by atoms with Crippen LogP contribution in [0.5, 0.6) is 11.5 Å². The first-order valence-electron chi connectivity index (χ1n) is 28.2. The summed E-state index contributed by atoms with van der Waals surface area (Å²) < 4.78 is 40.8. The second-order valence-electron chi connectivity index (χ2n) is 24.2. The Hall–Kier alpha value is -8.03. The normalized spacial score (nSPS) is 12.9. The first kappa shape index (κ1) is 53.0. The van der Waals surface area contributed by atoms with E-state index in [4.69, 9.17) is 9.72 Å². The Morgan fingerprint density at radius 3 is 1.73 bits per heavy atom. The Balaban J connectivity index is 1.12. The van der Waals surface area contributed by atoms with Gasteiger partial charge in [0.2, 0.25) is 0 Å². The van der Waals surface area contributed by atoms with Gasteiger partial charge >= 0.3 is 0 Å². The van der Waals surface area contributed by atoms with E-state index >= 15 is 8.78 Å². The van der Waals surface area contributed by atoms with E-state index in [9.17, 15) is 0 Å². The number of para-hydroxylation sites is 3. The summed E-state index contributed by atoms with van der Waals surface area (Å²) in [6.45, 7) is 27.1. The molecule has 3 heterocycles. The summed E-state index contributed by atoms with van der Waals surface area (Å²) in [7, 11) is 0. The smallest absolute Gasteiger partial charge is 0.137 e. The molecule has 10 aromatic rings. The van der Waals surface area contributed by atoms with Crippen LogP contribution in [-0.4, -0.2) is 16.2 Å². The molecule has 0 spiro atoms. The van der Waals surface area contributed by atoms with Crippen molar-refractivity contribution in [3.8, 4) is 50.7 Å². The molecule has 1 aliphatic heterocycles. The van der Waals surface area contributed by atoms with Crippen LogP contribution in [0.4, 0.5) is 31.5 Å². The number of pyridine rings is 1. The summed E-state index contributed by atoms with van der Waals surface area (Å²) >= 11 is 0. The first-order valence-corrected chi connectivity index (χ1v) is 28.2. The molecular weight excluding hydrogens is 975 g/mol. The fourth-order valence-electron chi connectivity index (χ4n) is 11.6. The van der Waals surface area contributed by atoms with Crippen LogP contribution >= 0.6 is 0 Å². The van der Waals surface area contributed by atoms with Crippen LogP contribution in [0, 0.1) is 11.6 Å². The molecular formula is C72H72F2N4O. The van der Waals surface area contributed by atoms with Gasteiger partial charge in [-0.25, -0.2) is 13.8 Å². The maximum atomic E-state index is 15.7. The van der Waals surface area contributed by atoms with Gasteiger partial charge in [-0.1, -0.05) is 150 Å². The Labute approximate surface area is 466 Å². The lowest BCUT2D eigenvalue weighted by Crippen LogP contribution is -2.25. The van der Waals surface area contributed by atoms with E-state index in [2.05, 4.69) is 243 Å². The molecule has 11 rings (SSSR count). The average Bonchev–Trinajstić information content (AvgIpc) is 4.20. The highest BCUT2D eigenvalue weighted by Gasteiger charge is 2.34. The van der Waals surface area contributed by atoms with Crippen LogP contribution in [0.1, 0.15) is 128 Å². The molecule has 0 N–H and O–H groups in total. The second kappa shape index (κ2) is 20.6. The lowest BCUT2D eigenvalue weighted by Gasteiger charge is -2.31. The van der Waals surface area contributed by atoms with Crippen LogP contribution in [0.3, 0.4) is 0 Å². The summed E-state index contributed by atoms with van der Waals surface area (Å²) in [6.07, 6.45) is 3.64. The highest BCUT2D eigenvalue weighted by atomic mass is 19.1. The molecule has 2 aromatic heterocycles. The van der Waals surface area contributed by atoms with E-state index in [1.165, 1.54) is 45.5 Å². The fraction of sp³-hybridized carbons (Fsp3) is 0.264. The maximum absolute atomic E-state index is 15.7. The van der Waals surface area contributed by atoms with Gasteiger partial charge in [-0.05, 0) is 170 Å². The monoisotopic (exact) mass is 1050 g/mol. The minimum Gasteiger partial charge on any atom is -0.457 e. The third-order valence-electron chi connectivity index (χ3n) is 16.0. The predicted octanol–water partition coefficient (Wildman–Crippen LogP) is 20.5. The van der Waals surface area contributed by atoms with Crippen molar-refractivity contribution in [2.24, 2.45) is 0 Å². The van der Waals surface area contributed by atoms with Crippen molar-refractivity contribution in [3.05, 3.63) is 215 Å². The highest BCUT2D eigenvalue weighted by molar-refractivity contribution is 6.09. The summed E-state index contributed by atoms with van der Waals surface area (Å²) in [5.41, 5.74) is 18.4. The van der Waals surface area contributed by atoms with Gasteiger partial charge in [-0.2, -0.15) is 0 Å². The minimum atomic E-state index is -0.619. The molecule has 0 atom stereocenters. The van der Waals surface area contributed by atoms with Crippen molar-refractivity contribution in [3.63, 3.8) is 0 Å². The first-order chi connectivity index (χ1) is 37.8. The number of halogens is 2. The number of fused-ring (bicyclic) bond motifs is 4. The molecule has 1 aliphatic rings. The number of hydrogen-bond donors (Lipinski definition) is 0. The number of ether oxygens (including phenoxy) is 1. The van der Waals surface area contributed by atoms with Crippen molar-refractivity contribution in [1.29, 1.82) is 0 Å². The molecule has 79 heavy (non-hydrogen) atoms. The topological polar surface area (TPSA) is 33.5 Å². The van der Waals surface area contributed by atoms with E-state index in [1.807, 2.05) is 6.20 Å². The maximum Gasteiger partial charge on any atom is 0.137 e. The lowest BCUT2D eigenvalue weighted by atomic mass is 9.81. The van der Waals surface area contributed by atoms with Crippen LogP contribution in [0.2, 0.25) is 0 Å². The molecule has 400 valence electrons. The van der Waals surface area contributed by atoms with Crippen molar-refractivity contribution >= 4 is 44.6 Å². The molecule has 0 saturated carbocycles. The average molecular weight is 1050 g/mol. The van der Waals surface area contributed by atoms with E-state index < -0.39 is 11.6 Å². The van der Waals surface area contributed by atoms with Crippen LogP contribution < -0.4 is 14.5 Å². The lowest BCUT2D eigenvalue weighted by molar-refractivity contribution is 0.483. The van der Waals surface area contributed by atoms with E-state index in [-0.39, 0.29) is 22.7 Å². The molecule has 0 radical (unpaired) electrons. The molecule has 0 aliphatic carbocycles. The van der Waals surface area contributed by atoms with Crippen LogP contribution in [-0.2, 0) is 23.7 Å². The second-order valence-corrected chi connectivity index (χ2v) is 24.2. The van der Waals surface area contributed by atoms with Crippen molar-refractivity contribution in [1.82, 2.24) is 9.55 Å². The number of hydrogen-bond acceptors (Lipinski definition) is 4. The molecule has 0 saturated heterocycles. The molecule has 0 unspecified atom stereocenters. The number of anilines is 4. The van der Waals surface area contributed by atoms with Crippen molar-refractivity contribution in [2.75, 3.05) is 16.5 Å². The SMILES string of the molecule is CCc1cccc(CC)c1-c1cc(Oc2ccc3c4ccccc4n(-c4cc(C(C)(C)C)ccn4)c3c2)cc(N2CN(c3c(-c4cc(F)cc(F)c4)cc(C(C)(C)C)cc3-c3cc(C(C)C)cc(C(C)C)c3)c3ccccc32)c1. The summed E-state index contributed by atoms with van der Waals surface area (Å²) in [4.78, 5) is 9.67. The van der Waals surface area contributed by atoms with Gasteiger partial charge in [0, 0.05) is 52.0 Å². The number of benzene rings is 8. The minimum absolute atomic E-state index is 0.0620. The Kier molecular flexibility index (Phi) is 13.9.